The monoisotopic (exact) mass is 372 g/mol. The van der Waals surface area contributed by atoms with E-state index < -0.39 is 10.0 Å². The lowest BCUT2D eigenvalue weighted by atomic mass is 10.2. The minimum atomic E-state index is -3.78. The summed E-state index contributed by atoms with van der Waals surface area (Å²) < 4.78 is 37.3. The molecular weight excluding hydrogens is 359 g/mol. The highest BCUT2D eigenvalue weighted by atomic mass is 79.9. The molecule has 3 N–H and O–H groups in total. The van der Waals surface area contributed by atoms with E-state index in [1.807, 2.05) is 0 Å². The van der Waals surface area contributed by atoms with E-state index in [2.05, 4.69) is 21.2 Å². The maximum absolute atomic E-state index is 13.6. The molecule has 0 aliphatic carbocycles. The second-order valence-electron chi connectivity index (χ2n) is 4.61. The Morgan fingerprint density at radius 3 is 2.62 bits per heavy atom. The predicted octanol–water partition coefficient (Wildman–Crippen LogP) is 3.16. The summed E-state index contributed by atoms with van der Waals surface area (Å²) in [6.07, 6.45) is 0. The molecule has 7 heteroatoms. The summed E-state index contributed by atoms with van der Waals surface area (Å²) in [5.74, 6) is -0.329. The van der Waals surface area contributed by atoms with Crippen molar-refractivity contribution in [2.45, 2.75) is 18.4 Å². The van der Waals surface area contributed by atoms with Gasteiger partial charge in [-0.2, -0.15) is 0 Å². The fourth-order valence-corrected chi connectivity index (χ4v) is 3.11. The lowest BCUT2D eigenvalue weighted by Gasteiger charge is -2.10. The minimum Gasteiger partial charge on any atom is -0.381 e. The summed E-state index contributed by atoms with van der Waals surface area (Å²) in [4.78, 5) is 0.0576. The van der Waals surface area contributed by atoms with Gasteiger partial charge in [0.1, 0.15) is 5.82 Å². The van der Waals surface area contributed by atoms with Gasteiger partial charge in [-0.25, -0.2) is 17.9 Å². The summed E-state index contributed by atoms with van der Waals surface area (Å²) in [7, 11) is -3.78. The highest BCUT2D eigenvalue weighted by Crippen LogP contribution is 2.21. The first-order chi connectivity index (χ1) is 9.77. The van der Waals surface area contributed by atoms with Gasteiger partial charge in [-0.3, -0.25) is 0 Å². The van der Waals surface area contributed by atoms with Gasteiger partial charge in [0.2, 0.25) is 10.0 Å². The third-order valence-corrected chi connectivity index (χ3v) is 4.53. The van der Waals surface area contributed by atoms with Crippen molar-refractivity contribution in [2.75, 3.05) is 5.32 Å². The molecule has 0 heterocycles. The molecule has 0 bridgehead atoms. The topological polar surface area (TPSA) is 72.2 Å². The number of primary sulfonamides is 1. The van der Waals surface area contributed by atoms with Crippen molar-refractivity contribution in [2.24, 2.45) is 5.14 Å². The van der Waals surface area contributed by atoms with E-state index in [1.165, 1.54) is 12.1 Å². The zero-order chi connectivity index (χ0) is 15.6. The van der Waals surface area contributed by atoms with Crippen LogP contribution in [0.1, 0.15) is 11.1 Å². The van der Waals surface area contributed by atoms with Gasteiger partial charge in [-0.15, -0.1) is 0 Å². The average Bonchev–Trinajstić information content (AvgIpc) is 2.40. The first-order valence-electron chi connectivity index (χ1n) is 6.08. The summed E-state index contributed by atoms with van der Waals surface area (Å²) in [5.41, 5.74) is 1.60. The fraction of sp³-hybridized carbons (Fsp3) is 0.143. The molecule has 0 aliphatic heterocycles. The zero-order valence-corrected chi connectivity index (χ0v) is 13.6. The predicted molar refractivity (Wildman–Crippen MR) is 84.0 cm³/mol. The Labute approximate surface area is 131 Å². The van der Waals surface area contributed by atoms with Crippen molar-refractivity contribution < 1.29 is 12.8 Å². The SMILES string of the molecule is Cc1ccc(NCc2cc(Br)ccc2F)cc1S(N)(=O)=O. The maximum Gasteiger partial charge on any atom is 0.238 e. The molecule has 0 unspecified atom stereocenters. The van der Waals surface area contributed by atoms with Crippen LogP contribution in [0, 0.1) is 12.7 Å². The quantitative estimate of drug-likeness (QED) is 0.865. The number of sulfonamides is 1. The minimum absolute atomic E-state index is 0.0576. The molecule has 0 fully saturated rings. The van der Waals surface area contributed by atoms with Gasteiger partial charge in [-0.05, 0) is 42.8 Å². The molecule has 0 aliphatic rings. The van der Waals surface area contributed by atoms with Crippen LogP contribution in [0.3, 0.4) is 0 Å². The Bertz CT molecular complexity index is 779. The van der Waals surface area contributed by atoms with Gasteiger partial charge in [-0.1, -0.05) is 22.0 Å². The van der Waals surface area contributed by atoms with Crippen molar-refractivity contribution >= 4 is 31.6 Å². The fourth-order valence-electron chi connectivity index (χ4n) is 1.89. The Kier molecular flexibility index (Phi) is 4.65. The highest BCUT2D eigenvalue weighted by Gasteiger charge is 2.12. The van der Waals surface area contributed by atoms with Crippen molar-refractivity contribution in [3.8, 4) is 0 Å². The average molecular weight is 373 g/mol. The summed E-state index contributed by atoms with van der Waals surface area (Å²) in [5, 5.41) is 8.14. The van der Waals surface area contributed by atoms with E-state index in [0.29, 0.717) is 16.8 Å². The van der Waals surface area contributed by atoms with Crippen molar-refractivity contribution in [1.29, 1.82) is 0 Å². The van der Waals surface area contributed by atoms with Gasteiger partial charge in [0.05, 0.1) is 4.90 Å². The first kappa shape index (κ1) is 15.9. The number of hydrogen-bond acceptors (Lipinski definition) is 3. The molecule has 2 aromatic carbocycles. The van der Waals surface area contributed by atoms with Gasteiger partial charge in [0.15, 0.2) is 0 Å². The van der Waals surface area contributed by atoms with Crippen molar-refractivity contribution in [3.63, 3.8) is 0 Å². The lowest BCUT2D eigenvalue weighted by molar-refractivity contribution is 0.597. The molecule has 2 aromatic rings. The number of benzene rings is 2. The van der Waals surface area contributed by atoms with Gasteiger partial charge in [0, 0.05) is 22.3 Å². The van der Waals surface area contributed by atoms with Gasteiger partial charge < -0.3 is 5.32 Å². The third-order valence-electron chi connectivity index (χ3n) is 2.99. The molecule has 0 spiro atoms. The van der Waals surface area contributed by atoms with Crippen LogP contribution in [0.15, 0.2) is 45.8 Å². The third kappa shape index (κ3) is 4.03. The zero-order valence-electron chi connectivity index (χ0n) is 11.2. The van der Waals surface area contributed by atoms with Crippen LogP contribution in [0.2, 0.25) is 0 Å². The molecule has 112 valence electrons. The largest absolute Gasteiger partial charge is 0.381 e. The smallest absolute Gasteiger partial charge is 0.238 e. The Hall–Kier alpha value is -1.44. The van der Waals surface area contributed by atoms with Crippen LogP contribution < -0.4 is 10.5 Å². The molecule has 0 aromatic heterocycles. The molecule has 0 radical (unpaired) electrons. The number of rotatable bonds is 4. The van der Waals surface area contributed by atoms with E-state index in [4.69, 9.17) is 5.14 Å². The Balaban J connectivity index is 2.23. The van der Waals surface area contributed by atoms with E-state index in [-0.39, 0.29) is 17.3 Å². The van der Waals surface area contributed by atoms with Crippen molar-refractivity contribution in [1.82, 2.24) is 0 Å². The molecule has 0 atom stereocenters. The summed E-state index contributed by atoms with van der Waals surface area (Å²) in [6, 6.07) is 9.47. The standard InChI is InChI=1S/C14H14BrFN2O2S/c1-9-2-4-12(7-14(9)21(17,19)20)18-8-10-6-11(15)3-5-13(10)16/h2-7,18H,8H2,1H3,(H2,17,19,20). The molecule has 0 saturated heterocycles. The number of nitrogens with two attached hydrogens (primary N) is 1. The van der Waals surface area contributed by atoms with E-state index in [0.717, 1.165) is 4.47 Å². The van der Waals surface area contributed by atoms with Crippen LogP contribution in [-0.4, -0.2) is 8.42 Å². The van der Waals surface area contributed by atoms with Crippen LogP contribution in [0.5, 0.6) is 0 Å². The molecule has 0 amide bonds. The normalized spacial score (nSPS) is 11.4. The molecule has 2 rings (SSSR count). The Morgan fingerprint density at radius 2 is 1.95 bits per heavy atom. The number of nitrogens with one attached hydrogen (secondary N) is 1. The van der Waals surface area contributed by atoms with E-state index in [9.17, 15) is 12.8 Å². The second-order valence-corrected chi connectivity index (χ2v) is 7.06. The second kappa shape index (κ2) is 6.13. The van der Waals surface area contributed by atoms with Crippen molar-refractivity contribution in [3.05, 3.63) is 57.8 Å². The number of anilines is 1. The first-order valence-corrected chi connectivity index (χ1v) is 8.42. The van der Waals surface area contributed by atoms with E-state index >= 15 is 0 Å². The summed E-state index contributed by atoms with van der Waals surface area (Å²) in [6.45, 7) is 1.90. The summed E-state index contributed by atoms with van der Waals surface area (Å²) >= 11 is 3.28. The molecule has 21 heavy (non-hydrogen) atoms. The van der Waals surface area contributed by atoms with Gasteiger partial charge >= 0.3 is 0 Å². The number of hydrogen-bond donors (Lipinski definition) is 2. The molecule has 0 saturated carbocycles. The van der Waals surface area contributed by atoms with Crippen LogP contribution in [0.4, 0.5) is 10.1 Å². The van der Waals surface area contributed by atoms with E-state index in [1.54, 1.807) is 31.2 Å². The molecular formula is C14H14BrFN2O2S. The van der Waals surface area contributed by atoms with Crippen LogP contribution in [0.25, 0.3) is 0 Å². The van der Waals surface area contributed by atoms with Crippen LogP contribution >= 0.6 is 15.9 Å². The number of halogens is 2. The Morgan fingerprint density at radius 1 is 1.24 bits per heavy atom. The highest BCUT2D eigenvalue weighted by molar-refractivity contribution is 9.10. The number of aryl methyl sites for hydroxylation is 1. The maximum atomic E-state index is 13.6. The van der Waals surface area contributed by atoms with Crippen LogP contribution in [-0.2, 0) is 16.6 Å². The molecule has 4 nitrogen and oxygen atoms in total. The lowest BCUT2D eigenvalue weighted by Crippen LogP contribution is -2.14. The van der Waals surface area contributed by atoms with Gasteiger partial charge in [0.25, 0.3) is 0 Å².